The molecule has 0 atom stereocenters. The Bertz CT molecular complexity index is 2240. The van der Waals surface area contributed by atoms with Gasteiger partial charge in [0, 0.05) is 22.3 Å². The second-order valence-electron chi connectivity index (χ2n) is 11.8. The number of carbonyl (C=O) groups excluding carboxylic acids is 6. The van der Waals surface area contributed by atoms with Crippen LogP contribution in [0.1, 0.15) is 27.7 Å². The van der Waals surface area contributed by atoms with Gasteiger partial charge in [-0.05, 0) is 91.1 Å². The fourth-order valence-corrected chi connectivity index (χ4v) is 4.34. The zero-order chi connectivity index (χ0) is 39.7. The van der Waals surface area contributed by atoms with Crippen molar-refractivity contribution in [2.24, 2.45) is 0 Å². The molecule has 0 amide bonds. The maximum absolute atomic E-state index is 12.4. The summed E-state index contributed by atoms with van der Waals surface area (Å²) in [6.45, 7) is 19.3. The highest BCUT2D eigenvalue weighted by molar-refractivity contribution is 5.96. The maximum Gasteiger partial charge on any atom is 0.526 e. The van der Waals surface area contributed by atoms with E-state index in [2.05, 4.69) is 35.8 Å². The summed E-state index contributed by atoms with van der Waals surface area (Å²) in [5.74, 6) is -3.43. The van der Waals surface area contributed by atoms with E-state index in [9.17, 15) is 28.8 Å². The topological polar surface area (TPSA) is 167 Å². The van der Waals surface area contributed by atoms with Gasteiger partial charge < -0.3 is 33.2 Å². The molecule has 4 aromatic rings. The molecule has 0 saturated heterocycles. The van der Waals surface area contributed by atoms with Crippen molar-refractivity contribution in [1.82, 2.24) is 0 Å². The lowest BCUT2D eigenvalue weighted by molar-refractivity contribution is -0.145. The van der Waals surface area contributed by atoms with Crippen molar-refractivity contribution in [2.75, 3.05) is 6.79 Å². The van der Waals surface area contributed by atoms with Gasteiger partial charge in [-0.15, -0.1) is 0 Å². The zero-order valence-electron chi connectivity index (χ0n) is 29.8. The molecule has 54 heavy (non-hydrogen) atoms. The lowest BCUT2D eigenvalue weighted by atomic mass is 9.98. The van der Waals surface area contributed by atoms with E-state index in [1.165, 1.54) is 39.8 Å². The lowest BCUT2D eigenvalue weighted by Gasteiger charge is -2.14. The van der Waals surface area contributed by atoms with E-state index in [1.807, 2.05) is 42.5 Å². The maximum atomic E-state index is 12.4. The molecule has 0 radical (unpaired) electrons. The van der Waals surface area contributed by atoms with Crippen molar-refractivity contribution in [1.29, 1.82) is 0 Å². The van der Waals surface area contributed by atoms with Gasteiger partial charge >= 0.3 is 36.2 Å². The van der Waals surface area contributed by atoms with Crippen LogP contribution in [-0.4, -0.2) is 43.0 Å². The van der Waals surface area contributed by atoms with Crippen molar-refractivity contribution >= 4 is 47.0 Å². The molecule has 276 valence electrons. The van der Waals surface area contributed by atoms with Crippen molar-refractivity contribution in [3.8, 4) is 45.3 Å². The monoisotopic (exact) mass is 734 g/mol. The van der Waals surface area contributed by atoms with Crippen LogP contribution < -0.4 is 18.9 Å². The Kier molecular flexibility index (Phi) is 12.6. The number of esters is 4. The number of carbonyl (C=O) groups is 6. The summed E-state index contributed by atoms with van der Waals surface area (Å²) in [7, 11) is 0. The second kappa shape index (κ2) is 17.3. The third-order valence-electron chi connectivity index (χ3n) is 7.14. The minimum Gasteiger partial charge on any atom is -0.453 e. The van der Waals surface area contributed by atoms with Crippen molar-refractivity contribution in [3.05, 3.63) is 121 Å². The molecule has 13 heteroatoms. The molecule has 4 rings (SSSR count). The highest BCUT2D eigenvalue weighted by atomic mass is 16.8. The van der Waals surface area contributed by atoms with E-state index >= 15 is 0 Å². The number of rotatable bonds is 12. The fourth-order valence-electron chi connectivity index (χ4n) is 4.34. The predicted molar refractivity (Wildman–Crippen MR) is 196 cm³/mol. The first kappa shape index (κ1) is 39.5. The molecule has 0 saturated carbocycles. The smallest absolute Gasteiger partial charge is 0.453 e. The zero-order valence-corrected chi connectivity index (χ0v) is 29.8. The van der Waals surface area contributed by atoms with Crippen LogP contribution in [0.2, 0.25) is 0 Å². The van der Waals surface area contributed by atoms with Crippen molar-refractivity contribution < 1.29 is 61.9 Å². The summed E-state index contributed by atoms with van der Waals surface area (Å²) in [5.41, 5.74) is 3.21. The molecule has 0 unspecified atom stereocenters. The number of ether oxygens (including phenoxy) is 7. The first-order valence-electron chi connectivity index (χ1n) is 15.9. The summed E-state index contributed by atoms with van der Waals surface area (Å²) in [6, 6.07) is 20.5. The minimum atomic E-state index is -1.64. The third kappa shape index (κ3) is 10.4. The van der Waals surface area contributed by atoms with Crippen LogP contribution in [0.15, 0.2) is 121 Å². The van der Waals surface area contributed by atoms with Gasteiger partial charge in [-0.2, -0.15) is 0 Å². The van der Waals surface area contributed by atoms with Gasteiger partial charge in [0.1, 0.15) is 0 Å². The van der Waals surface area contributed by atoms with E-state index in [0.717, 1.165) is 16.5 Å². The molecule has 4 aromatic carbocycles. The number of hydrogen-bond donors (Lipinski definition) is 0. The quantitative estimate of drug-likeness (QED) is 0.0340. The van der Waals surface area contributed by atoms with Crippen LogP contribution in [-0.2, 0) is 33.4 Å². The van der Waals surface area contributed by atoms with Gasteiger partial charge in [0.15, 0.2) is 23.0 Å². The standard InChI is InChI=1S/C41H34O13/c1-22(2)36(42)49-21-48-33-18-30-14-13-28(17-31(30)20-35(33)51-38(44)24(5)6)26-9-11-27(12-10-26)29-15-16-32(34(19-29)50-37(43)23(3)4)52-40(46)54-41(47)53-39(45)25(7)8/h9-20H,1,3,5,7,21H2,2,4,6,8H3. The summed E-state index contributed by atoms with van der Waals surface area (Å²) in [6.07, 6.45) is -3.19. The van der Waals surface area contributed by atoms with Crippen LogP contribution in [0, 0.1) is 0 Å². The van der Waals surface area contributed by atoms with Crippen molar-refractivity contribution in [2.45, 2.75) is 27.7 Å². The van der Waals surface area contributed by atoms with Gasteiger partial charge in [-0.3, -0.25) is 0 Å². The van der Waals surface area contributed by atoms with E-state index in [1.54, 1.807) is 18.2 Å². The Morgan fingerprint density at radius 2 is 0.926 bits per heavy atom. The largest absolute Gasteiger partial charge is 0.526 e. The minimum absolute atomic E-state index is 0.0597. The molecule has 0 N–H and O–H groups in total. The normalized spacial score (nSPS) is 10.3. The van der Waals surface area contributed by atoms with Gasteiger partial charge in [0.05, 0.1) is 0 Å². The van der Waals surface area contributed by atoms with Crippen molar-refractivity contribution in [3.63, 3.8) is 0 Å². The van der Waals surface area contributed by atoms with Crippen LogP contribution in [0.3, 0.4) is 0 Å². The van der Waals surface area contributed by atoms with E-state index < -0.39 is 43.0 Å². The predicted octanol–water partition coefficient (Wildman–Crippen LogP) is 8.35. The molecule has 0 bridgehead atoms. The Labute approximate surface area is 309 Å². The summed E-state index contributed by atoms with van der Waals surface area (Å²) in [5, 5.41) is 1.45. The van der Waals surface area contributed by atoms with E-state index in [0.29, 0.717) is 16.5 Å². The lowest BCUT2D eigenvalue weighted by Crippen LogP contribution is -2.20. The molecule has 0 aromatic heterocycles. The van der Waals surface area contributed by atoms with Crippen LogP contribution >= 0.6 is 0 Å². The Hall–Kier alpha value is -7.28. The van der Waals surface area contributed by atoms with Gasteiger partial charge in [-0.1, -0.05) is 68.8 Å². The molecule has 0 heterocycles. The number of hydrogen-bond acceptors (Lipinski definition) is 13. The molecule has 0 fully saturated rings. The van der Waals surface area contributed by atoms with Gasteiger partial charge in [0.25, 0.3) is 0 Å². The third-order valence-corrected chi connectivity index (χ3v) is 7.14. The van der Waals surface area contributed by atoms with Gasteiger partial charge in [-0.25, -0.2) is 28.8 Å². The van der Waals surface area contributed by atoms with Crippen LogP contribution in [0.25, 0.3) is 33.0 Å². The number of benzene rings is 4. The Morgan fingerprint density at radius 3 is 1.48 bits per heavy atom. The van der Waals surface area contributed by atoms with Gasteiger partial charge in [0.2, 0.25) is 6.79 Å². The average Bonchev–Trinajstić information content (AvgIpc) is 3.11. The molecule has 0 aliphatic carbocycles. The molecule has 0 aliphatic rings. The molecule has 0 aliphatic heterocycles. The Balaban J connectivity index is 1.60. The summed E-state index contributed by atoms with van der Waals surface area (Å²) < 4.78 is 35.3. The van der Waals surface area contributed by atoms with E-state index in [4.69, 9.17) is 23.7 Å². The molecular weight excluding hydrogens is 700 g/mol. The fraction of sp³-hybridized carbons (Fsp3) is 0.122. The molecular formula is C41H34O13. The summed E-state index contributed by atoms with van der Waals surface area (Å²) in [4.78, 5) is 72.1. The first-order valence-corrected chi connectivity index (χ1v) is 15.9. The summed E-state index contributed by atoms with van der Waals surface area (Å²) >= 11 is 0. The molecule has 0 spiro atoms. The van der Waals surface area contributed by atoms with E-state index in [-0.39, 0.29) is 45.3 Å². The second-order valence-corrected chi connectivity index (χ2v) is 11.8. The SMILES string of the molecule is C=C(C)C(=O)OCOc1cc2ccc(-c3ccc(-c4ccc(OC(=O)OC(=O)OC(=O)C(=C)C)c(OC(=O)C(=C)C)c4)cc3)cc2cc1OC(=O)C(=C)C. The average molecular weight is 735 g/mol. The molecule has 13 nitrogen and oxygen atoms in total. The van der Waals surface area contributed by atoms with Crippen LogP contribution in [0.5, 0.6) is 23.0 Å². The number of fused-ring (bicyclic) bond motifs is 1. The highest BCUT2D eigenvalue weighted by Crippen LogP contribution is 2.37. The van der Waals surface area contributed by atoms with Crippen LogP contribution in [0.4, 0.5) is 9.59 Å². The Morgan fingerprint density at radius 1 is 0.444 bits per heavy atom. The highest BCUT2D eigenvalue weighted by Gasteiger charge is 2.22. The first-order chi connectivity index (χ1) is 25.5.